The molecule has 2 heterocycles. The van der Waals surface area contributed by atoms with Gasteiger partial charge in [-0.25, -0.2) is 0 Å². The highest BCUT2D eigenvalue weighted by Crippen LogP contribution is 2.21. The summed E-state index contributed by atoms with van der Waals surface area (Å²) in [7, 11) is 0. The van der Waals surface area contributed by atoms with Gasteiger partial charge >= 0.3 is 0 Å². The third-order valence-corrected chi connectivity index (χ3v) is 3.45. The maximum absolute atomic E-state index is 12.1. The van der Waals surface area contributed by atoms with Gasteiger partial charge < -0.3 is 15.3 Å². The summed E-state index contributed by atoms with van der Waals surface area (Å²) in [5.74, 6) is -0.243. The molecule has 5 nitrogen and oxygen atoms in total. The number of nitrogens with one attached hydrogen (secondary N) is 1. The zero-order valence-corrected chi connectivity index (χ0v) is 9.32. The van der Waals surface area contributed by atoms with Crippen molar-refractivity contribution in [2.75, 3.05) is 19.7 Å². The minimum Gasteiger partial charge on any atom is -0.394 e. The quantitative estimate of drug-likeness (QED) is 0.666. The van der Waals surface area contributed by atoms with Crippen molar-refractivity contribution in [2.45, 2.75) is 31.7 Å². The van der Waals surface area contributed by atoms with Crippen LogP contribution in [-0.2, 0) is 9.59 Å². The largest absolute Gasteiger partial charge is 0.394 e. The van der Waals surface area contributed by atoms with E-state index in [4.69, 9.17) is 0 Å². The maximum atomic E-state index is 12.1. The van der Waals surface area contributed by atoms with Crippen molar-refractivity contribution in [1.29, 1.82) is 0 Å². The van der Waals surface area contributed by atoms with Crippen LogP contribution in [0.1, 0.15) is 25.7 Å². The summed E-state index contributed by atoms with van der Waals surface area (Å²) in [4.78, 5) is 25.0. The lowest BCUT2D eigenvalue weighted by molar-refractivity contribution is -0.140. The van der Waals surface area contributed by atoms with Crippen LogP contribution >= 0.6 is 0 Å². The van der Waals surface area contributed by atoms with E-state index < -0.39 is 0 Å². The SMILES string of the molecule is O=C1CC(C(=O)N2CCCCC2CO)CN1. The summed E-state index contributed by atoms with van der Waals surface area (Å²) < 4.78 is 0. The predicted molar refractivity (Wildman–Crippen MR) is 57.6 cm³/mol. The van der Waals surface area contributed by atoms with Gasteiger partial charge in [-0.3, -0.25) is 9.59 Å². The summed E-state index contributed by atoms with van der Waals surface area (Å²) >= 11 is 0. The highest BCUT2D eigenvalue weighted by atomic mass is 16.3. The van der Waals surface area contributed by atoms with Gasteiger partial charge in [0.1, 0.15) is 0 Å². The molecule has 0 aromatic heterocycles. The first-order chi connectivity index (χ1) is 7.72. The zero-order valence-electron chi connectivity index (χ0n) is 9.32. The van der Waals surface area contributed by atoms with Crippen LogP contribution in [0.2, 0.25) is 0 Å². The second kappa shape index (κ2) is 4.82. The van der Waals surface area contributed by atoms with Gasteiger partial charge in [0.25, 0.3) is 0 Å². The lowest BCUT2D eigenvalue weighted by Crippen LogP contribution is -2.48. The molecule has 16 heavy (non-hydrogen) atoms. The van der Waals surface area contributed by atoms with Crippen molar-refractivity contribution in [2.24, 2.45) is 5.92 Å². The maximum Gasteiger partial charge on any atom is 0.228 e. The van der Waals surface area contributed by atoms with Crippen LogP contribution in [-0.4, -0.2) is 47.6 Å². The number of likely N-dealkylation sites (tertiary alicyclic amines) is 1. The lowest BCUT2D eigenvalue weighted by atomic mass is 9.99. The van der Waals surface area contributed by atoms with Crippen LogP contribution in [0.5, 0.6) is 0 Å². The van der Waals surface area contributed by atoms with Crippen LogP contribution < -0.4 is 5.32 Å². The molecule has 0 bridgehead atoms. The first-order valence-electron chi connectivity index (χ1n) is 5.90. The number of amides is 2. The monoisotopic (exact) mass is 226 g/mol. The zero-order chi connectivity index (χ0) is 11.5. The number of carbonyl (C=O) groups is 2. The molecule has 2 rings (SSSR count). The number of carbonyl (C=O) groups excluding carboxylic acids is 2. The molecule has 2 N–H and O–H groups in total. The molecule has 0 radical (unpaired) electrons. The number of rotatable bonds is 2. The smallest absolute Gasteiger partial charge is 0.228 e. The Labute approximate surface area is 94.8 Å². The molecule has 2 unspecified atom stereocenters. The number of nitrogens with zero attached hydrogens (tertiary/aromatic N) is 1. The molecule has 2 atom stereocenters. The number of hydrogen-bond donors (Lipinski definition) is 2. The molecule has 0 spiro atoms. The molecule has 2 fully saturated rings. The van der Waals surface area contributed by atoms with Crippen molar-refractivity contribution in [3.63, 3.8) is 0 Å². The fraction of sp³-hybridized carbons (Fsp3) is 0.818. The fourth-order valence-electron chi connectivity index (χ4n) is 2.49. The summed E-state index contributed by atoms with van der Waals surface area (Å²) in [6.07, 6.45) is 3.23. The third-order valence-electron chi connectivity index (χ3n) is 3.45. The van der Waals surface area contributed by atoms with Gasteiger partial charge in [0.2, 0.25) is 11.8 Å². The van der Waals surface area contributed by atoms with Gasteiger partial charge in [0.15, 0.2) is 0 Å². The van der Waals surface area contributed by atoms with E-state index in [0.717, 1.165) is 25.8 Å². The number of piperidine rings is 1. The Bertz CT molecular complexity index is 293. The number of aliphatic hydroxyl groups is 1. The van der Waals surface area contributed by atoms with E-state index in [1.54, 1.807) is 4.90 Å². The highest BCUT2D eigenvalue weighted by Gasteiger charge is 2.35. The van der Waals surface area contributed by atoms with Crippen molar-refractivity contribution in [3.05, 3.63) is 0 Å². The molecule has 2 amide bonds. The molecule has 0 aromatic carbocycles. The summed E-state index contributed by atoms with van der Waals surface area (Å²) in [6, 6.07) is -0.0445. The molecule has 2 saturated heterocycles. The van der Waals surface area contributed by atoms with E-state index in [0.29, 0.717) is 13.0 Å². The minimum absolute atomic E-state index is 0.0251. The average Bonchev–Trinajstić information content (AvgIpc) is 2.75. The molecular formula is C11H18N2O3. The van der Waals surface area contributed by atoms with Crippen molar-refractivity contribution >= 4 is 11.8 Å². The second-order valence-electron chi connectivity index (χ2n) is 4.57. The Hall–Kier alpha value is -1.10. The van der Waals surface area contributed by atoms with Gasteiger partial charge in [0.05, 0.1) is 18.6 Å². The topological polar surface area (TPSA) is 69.6 Å². The van der Waals surface area contributed by atoms with E-state index in [2.05, 4.69) is 5.32 Å². The van der Waals surface area contributed by atoms with Crippen molar-refractivity contribution in [1.82, 2.24) is 10.2 Å². The Morgan fingerprint density at radius 2 is 2.31 bits per heavy atom. The molecule has 0 aliphatic carbocycles. The Balaban J connectivity index is 1.99. The molecule has 0 aromatic rings. The first-order valence-corrected chi connectivity index (χ1v) is 5.90. The Morgan fingerprint density at radius 3 is 2.94 bits per heavy atom. The van der Waals surface area contributed by atoms with Gasteiger partial charge in [-0.1, -0.05) is 0 Å². The third kappa shape index (κ3) is 2.19. The van der Waals surface area contributed by atoms with Crippen molar-refractivity contribution in [3.8, 4) is 0 Å². The van der Waals surface area contributed by atoms with Gasteiger partial charge in [-0.05, 0) is 19.3 Å². The first kappa shape index (κ1) is 11.4. The van der Waals surface area contributed by atoms with E-state index in [-0.39, 0.29) is 30.4 Å². The normalized spacial score (nSPS) is 30.3. The molecular weight excluding hydrogens is 208 g/mol. The van der Waals surface area contributed by atoms with E-state index in [1.165, 1.54) is 0 Å². The van der Waals surface area contributed by atoms with E-state index >= 15 is 0 Å². The van der Waals surface area contributed by atoms with Gasteiger partial charge in [0, 0.05) is 19.5 Å². The van der Waals surface area contributed by atoms with Crippen molar-refractivity contribution < 1.29 is 14.7 Å². The number of hydrogen-bond acceptors (Lipinski definition) is 3. The standard InChI is InChI=1S/C11H18N2O3/c14-7-9-3-1-2-4-13(9)11(16)8-5-10(15)12-6-8/h8-9,14H,1-7H2,(H,12,15). The van der Waals surface area contributed by atoms with Gasteiger partial charge in [-0.15, -0.1) is 0 Å². The summed E-state index contributed by atoms with van der Waals surface area (Å²) in [5, 5.41) is 11.9. The van der Waals surface area contributed by atoms with E-state index in [1.807, 2.05) is 0 Å². The van der Waals surface area contributed by atoms with Crippen LogP contribution in [0.15, 0.2) is 0 Å². The molecule has 5 heteroatoms. The summed E-state index contributed by atoms with van der Waals surface area (Å²) in [5.41, 5.74) is 0. The fourth-order valence-corrected chi connectivity index (χ4v) is 2.49. The van der Waals surface area contributed by atoms with Crippen LogP contribution in [0.25, 0.3) is 0 Å². The molecule has 2 aliphatic rings. The molecule has 90 valence electrons. The Kier molecular flexibility index (Phi) is 3.43. The molecule has 0 saturated carbocycles. The molecule has 2 aliphatic heterocycles. The summed E-state index contributed by atoms with van der Waals surface area (Å²) in [6.45, 7) is 1.20. The van der Waals surface area contributed by atoms with Crippen LogP contribution in [0.3, 0.4) is 0 Å². The lowest BCUT2D eigenvalue weighted by Gasteiger charge is -2.36. The second-order valence-corrected chi connectivity index (χ2v) is 4.57. The number of aliphatic hydroxyl groups excluding tert-OH is 1. The minimum atomic E-state index is -0.223. The highest BCUT2D eigenvalue weighted by molar-refractivity contribution is 5.89. The van der Waals surface area contributed by atoms with E-state index in [9.17, 15) is 14.7 Å². The van der Waals surface area contributed by atoms with Crippen LogP contribution in [0, 0.1) is 5.92 Å². The van der Waals surface area contributed by atoms with Crippen LogP contribution in [0.4, 0.5) is 0 Å². The average molecular weight is 226 g/mol. The predicted octanol–water partition coefficient (Wildman–Crippen LogP) is -0.504. The Morgan fingerprint density at radius 1 is 1.50 bits per heavy atom. The van der Waals surface area contributed by atoms with Gasteiger partial charge in [-0.2, -0.15) is 0 Å².